The van der Waals surface area contributed by atoms with Crippen molar-refractivity contribution in [3.8, 4) is 0 Å². The lowest BCUT2D eigenvalue weighted by Gasteiger charge is -2.18. The van der Waals surface area contributed by atoms with Crippen molar-refractivity contribution in [3.63, 3.8) is 0 Å². The minimum atomic E-state index is -0.273. The average molecular weight is 441 g/mol. The number of rotatable bonds is 7. The summed E-state index contributed by atoms with van der Waals surface area (Å²) in [5, 5.41) is 4.20. The number of carbonyl (C=O) groups is 1. The molecule has 1 N–H and O–H groups in total. The lowest BCUT2D eigenvalue weighted by atomic mass is 10.0. The standard InChI is InChI=1S/C25H24N6O2/c1-17-15-28-23(29-16-25(9-10-25)21-5-3-4-11-27-21)24(33)31(17)30-12-8-19-13-18(6-7-20(19)30)14-22(32)26-2/h3-8,11-13,15H,2,9-10,14,16H2,1H3,(H,28,29). The quantitative estimate of drug-likeness (QED) is 0.446. The van der Waals surface area contributed by atoms with Gasteiger partial charge in [0, 0.05) is 35.4 Å². The van der Waals surface area contributed by atoms with Crippen molar-refractivity contribution < 1.29 is 4.79 Å². The molecule has 1 fully saturated rings. The third-order valence-corrected chi connectivity index (χ3v) is 6.25. The number of hydrogen-bond donors (Lipinski definition) is 1. The molecular weight excluding hydrogens is 416 g/mol. The number of amides is 1. The van der Waals surface area contributed by atoms with Crippen molar-refractivity contribution in [2.24, 2.45) is 4.99 Å². The first-order chi connectivity index (χ1) is 16.0. The molecule has 0 radical (unpaired) electrons. The number of aromatic nitrogens is 4. The number of hydrogen-bond acceptors (Lipinski definition) is 5. The Morgan fingerprint density at radius 2 is 2.06 bits per heavy atom. The third-order valence-electron chi connectivity index (χ3n) is 6.25. The molecule has 1 saturated carbocycles. The van der Waals surface area contributed by atoms with Crippen LogP contribution < -0.4 is 10.9 Å². The number of anilines is 1. The molecule has 33 heavy (non-hydrogen) atoms. The maximum atomic E-state index is 13.4. The normalized spacial score (nSPS) is 14.2. The fourth-order valence-electron chi connectivity index (χ4n) is 4.21. The molecule has 3 heterocycles. The maximum Gasteiger partial charge on any atom is 0.312 e. The Labute approximate surface area is 190 Å². The molecule has 5 rings (SSSR count). The van der Waals surface area contributed by atoms with E-state index in [9.17, 15) is 9.59 Å². The molecule has 0 spiro atoms. The van der Waals surface area contributed by atoms with E-state index in [0.29, 0.717) is 18.1 Å². The molecule has 1 aromatic carbocycles. The Hall–Kier alpha value is -4.07. The van der Waals surface area contributed by atoms with E-state index in [0.717, 1.165) is 35.0 Å². The second kappa shape index (κ2) is 8.12. The van der Waals surface area contributed by atoms with Gasteiger partial charge in [0.2, 0.25) is 5.91 Å². The van der Waals surface area contributed by atoms with E-state index in [4.69, 9.17) is 0 Å². The van der Waals surface area contributed by atoms with Crippen LogP contribution in [0.2, 0.25) is 0 Å². The number of aliphatic imine (C=N–C) groups is 1. The summed E-state index contributed by atoms with van der Waals surface area (Å²) in [6.07, 6.45) is 7.61. The van der Waals surface area contributed by atoms with Gasteiger partial charge in [-0.3, -0.25) is 19.2 Å². The van der Waals surface area contributed by atoms with Gasteiger partial charge in [0.1, 0.15) is 0 Å². The Morgan fingerprint density at radius 3 is 2.79 bits per heavy atom. The number of aryl methyl sites for hydroxylation is 1. The lowest BCUT2D eigenvalue weighted by Crippen LogP contribution is -2.32. The van der Waals surface area contributed by atoms with Crippen molar-refractivity contribution >= 4 is 29.3 Å². The van der Waals surface area contributed by atoms with Crippen LogP contribution in [-0.2, 0) is 16.6 Å². The van der Waals surface area contributed by atoms with E-state index in [1.165, 1.54) is 0 Å². The van der Waals surface area contributed by atoms with E-state index in [1.807, 2.05) is 60.3 Å². The Morgan fingerprint density at radius 1 is 1.21 bits per heavy atom. The van der Waals surface area contributed by atoms with Crippen LogP contribution >= 0.6 is 0 Å². The SMILES string of the molecule is C=NC(=O)Cc1ccc2c(ccn2-n2c(C)cnc(NCC3(c4ccccn4)CC3)c2=O)c1. The molecule has 166 valence electrons. The summed E-state index contributed by atoms with van der Waals surface area (Å²) < 4.78 is 3.41. The summed E-state index contributed by atoms with van der Waals surface area (Å²) in [7, 11) is 0. The van der Waals surface area contributed by atoms with Crippen molar-refractivity contribution in [1.29, 1.82) is 0 Å². The zero-order valence-electron chi connectivity index (χ0n) is 18.4. The zero-order valence-corrected chi connectivity index (χ0v) is 18.4. The summed E-state index contributed by atoms with van der Waals surface area (Å²) in [6.45, 7) is 5.74. The monoisotopic (exact) mass is 440 g/mol. The Balaban J connectivity index is 1.45. The topological polar surface area (TPSA) is 94.2 Å². The van der Waals surface area contributed by atoms with Gasteiger partial charge in [0.05, 0.1) is 23.8 Å². The van der Waals surface area contributed by atoms with Crippen LogP contribution in [0.15, 0.2) is 70.8 Å². The molecule has 8 nitrogen and oxygen atoms in total. The van der Waals surface area contributed by atoms with Crippen molar-refractivity contribution in [2.75, 3.05) is 11.9 Å². The summed E-state index contributed by atoms with van der Waals surface area (Å²) in [5.74, 6) is 0.0359. The molecular formula is C25H24N6O2. The highest BCUT2D eigenvalue weighted by Crippen LogP contribution is 2.47. The van der Waals surface area contributed by atoms with E-state index in [1.54, 1.807) is 17.1 Å². The van der Waals surface area contributed by atoms with Crippen LogP contribution in [0.4, 0.5) is 5.82 Å². The molecule has 1 aliphatic rings. The number of fused-ring (bicyclic) bond motifs is 1. The highest BCUT2D eigenvalue weighted by molar-refractivity contribution is 5.85. The van der Waals surface area contributed by atoms with Crippen LogP contribution in [0.3, 0.4) is 0 Å². The number of carbonyl (C=O) groups excluding carboxylic acids is 1. The molecule has 4 aromatic rings. The Bertz CT molecular complexity index is 1420. The van der Waals surface area contributed by atoms with Crippen LogP contribution in [-0.4, -0.2) is 38.5 Å². The average Bonchev–Trinajstić information content (AvgIpc) is 3.52. The van der Waals surface area contributed by atoms with E-state index >= 15 is 0 Å². The fraction of sp³-hybridized carbons (Fsp3) is 0.240. The van der Waals surface area contributed by atoms with Crippen molar-refractivity contribution in [3.05, 3.63) is 88.4 Å². The molecule has 0 atom stereocenters. The molecule has 0 aliphatic heterocycles. The van der Waals surface area contributed by atoms with Crippen LogP contribution in [0.5, 0.6) is 0 Å². The summed E-state index contributed by atoms with van der Waals surface area (Å²) >= 11 is 0. The minimum Gasteiger partial charge on any atom is -0.364 e. The first-order valence-corrected chi connectivity index (χ1v) is 10.8. The van der Waals surface area contributed by atoms with Crippen molar-refractivity contribution in [1.82, 2.24) is 19.3 Å². The van der Waals surface area contributed by atoms with Crippen LogP contribution in [0.25, 0.3) is 10.9 Å². The first-order valence-electron chi connectivity index (χ1n) is 10.8. The van der Waals surface area contributed by atoms with Crippen LogP contribution in [0, 0.1) is 6.92 Å². The molecule has 8 heteroatoms. The molecule has 1 amide bonds. The van der Waals surface area contributed by atoms with E-state index in [2.05, 4.69) is 27.0 Å². The molecule has 1 aliphatic carbocycles. The first kappa shape index (κ1) is 20.8. The summed E-state index contributed by atoms with van der Waals surface area (Å²) in [4.78, 5) is 37.3. The summed E-state index contributed by atoms with van der Waals surface area (Å²) in [6, 6.07) is 13.6. The zero-order chi connectivity index (χ0) is 23.0. The van der Waals surface area contributed by atoms with Gasteiger partial charge in [-0.15, -0.1) is 0 Å². The largest absolute Gasteiger partial charge is 0.364 e. The van der Waals surface area contributed by atoms with Gasteiger partial charge in [-0.1, -0.05) is 12.1 Å². The van der Waals surface area contributed by atoms with E-state index in [-0.39, 0.29) is 23.3 Å². The third kappa shape index (κ3) is 3.84. The highest BCUT2D eigenvalue weighted by Gasteiger charge is 2.45. The molecule has 0 saturated heterocycles. The molecule has 0 bridgehead atoms. The van der Waals surface area contributed by atoms with Gasteiger partial charge in [-0.2, -0.15) is 0 Å². The number of nitrogens with zero attached hydrogens (tertiary/aromatic N) is 5. The number of nitrogens with one attached hydrogen (secondary N) is 1. The lowest BCUT2D eigenvalue weighted by molar-refractivity contribution is -0.117. The van der Waals surface area contributed by atoms with Crippen LogP contribution in [0.1, 0.15) is 29.8 Å². The summed E-state index contributed by atoms with van der Waals surface area (Å²) in [5.41, 5.74) is 3.19. The van der Waals surface area contributed by atoms with Gasteiger partial charge in [0.25, 0.3) is 0 Å². The predicted molar refractivity (Wildman–Crippen MR) is 128 cm³/mol. The second-order valence-electron chi connectivity index (χ2n) is 8.50. The van der Waals surface area contributed by atoms with Gasteiger partial charge < -0.3 is 5.32 Å². The number of pyridine rings is 1. The van der Waals surface area contributed by atoms with E-state index < -0.39 is 0 Å². The molecule has 3 aromatic heterocycles. The maximum absolute atomic E-state index is 13.4. The van der Waals surface area contributed by atoms with Gasteiger partial charge >= 0.3 is 5.56 Å². The molecule has 0 unspecified atom stereocenters. The van der Waals surface area contributed by atoms with Gasteiger partial charge in [-0.25, -0.2) is 14.7 Å². The minimum absolute atomic E-state index is 0.0423. The Kier molecular flexibility index (Phi) is 5.12. The predicted octanol–water partition coefficient (Wildman–Crippen LogP) is 3.13. The highest BCUT2D eigenvalue weighted by atomic mass is 16.1. The fourth-order valence-corrected chi connectivity index (χ4v) is 4.21. The van der Waals surface area contributed by atoms with Gasteiger partial charge in [-0.05, 0) is 62.4 Å². The number of benzene rings is 1. The smallest absolute Gasteiger partial charge is 0.312 e. The van der Waals surface area contributed by atoms with Crippen molar-refractivity contribution in [2.45, 2.75) is 31.6 Å². The van der Waals surface area contributed by atoms with Gasteiger partial charge in [0.15, 0.2) is 5.82 Å². The second-order valence-corrected chi connectivity index (χ2v) is 8.50.